The molecule has 0 aliphatic heterocycles. The van der Waals surface area contributed by atoms with Gasteiger partial charge in [-0.3, -0.25) is 4.79 Å². The Bertz CT molecular complexity index is 506. The first-order valence-corrected chi connectivity index (χ1v) is 6.56. The maximum atomic E-state index is 10.9. The van der Waals surface area contributed by atoms with Crippen molar-refractivity contribution in [1.82, 2.24) is 0 Å². The van der Waals surface area contributed by atoms with Crippen molar-refractivity contribution in [3.8, 4) is 6.07 Å². The minimum Gasteiger partial charge on any atom is -0.480 e. The maximum Gasteiger partial charge on any atom is 0.323 e. The molecule has 0 unspecified atom stereocenters. The summed E-state index contributed by atoms with van der Waals surface area (Å²) >= 11 is 3.36. The van der Waals surface area contributed by atoms with Gasteiger partial charge >= 0.3 is 5.97 Å². The van der Waals surface area contributed by atoms with Gasteiger partial charge in [-0.25, -0.2) is 0 Å². The maximum absolute atomic E-state index is 10.9. The van der Waals surface area contributed by atoms with Crippen LogP contribution in [0.2, 0.25) is 0 Å². The third-order valence-electron chi connectivity index (χ3n) is 2.92. The molecule has 5 heteroatoms. The number of hydrogen-bond donors (Lipinski definition) is 1. The number of hydrogen-bond acceptors (Lipinski definition) is 3. The highest BCUT2D eigenvalue weighted by Crippen LogP contribution is 2.33. The van der Waals surface area contributed by atoms with E-state index in [0.717, 1.165) is 17.3 Å². The zero-order valence-electron chi connectivity index (χ0n) is 9.77. The lowest BCUT2D eigenvalue weighted by atomic mass is 10.1. The molecule has 1 fully saturated rings. The molecule has 2 rings (SSSR count). The fourth-order valence-corrected chi connectivity index (χ4v) is 2.23. The Morgan fingerprint density at radius 3 is 2.83 bits per heavy atom. The van der Waals surface area contributed by atoms with Crippen LogP contribution in [0.3, 0.4) is 0 Å². The Kier molecular flexibility index (Phi) is 3.87. The smallest absolute Gasteiger partial charge is 0.323 e. The van der Waals surface area contributed by atoms with E-state index >= 15 is 0 Å². The molecule has 1 aliphatic rings. The van der Waals surface area contributed by atoms with E-state index in [9.17, 15) is 4.79 Å². The molecule has 0 saturated heterocycles. The van der Waals surface area contributed by atoms with E-state index < -0.39 is 5.97 Å². The summed E-state index contributed by atoms with van der Waals surface area (Å²) in [5.41, 5.74) is 1.21. The number of halogens is 1. The second kappa shape index (κ2) is 5.40. The Hall–Kier alpha value is -1.54. The van der Waals surface area contributed by atoms with Crippen LogP contribution in [0.25, 0.3) is 0 Å². The third-order valence-corrected chi connectivity index (χ3v) is 3.42. The van der Waals surface area contributed by atoms with Crippen molar-refractivity contribution in [3.05, 3.63) is 28.2 Å². The van der Waals surface area contributed by atoms with Crippen LogP contribution in [0.5, 0.6) is 0 Å². The summed E-state index contributed by atoms with van der Waals surface area (Å²) in [7, 11) is 0. The summed E-state index contributed by atoms with van der Waals surface area (Å²) in [5, 5.41) is 18.1. The average Bonchev–Trinajstić information content (AvgIpc) is 3.11. The van der Waals surface area contributed by atoms with E-state index in [4.69, 9.17) is 10.4 Å². The lowest BCUT2D eigenvalue weighted by molar-refractivity contribution is -0.135. The third kappa shape index (κ3) is 3.23. The molecule has 4 nitrogen and oxygen atoms in total. The van der Waals surface area contributed by atoms with Gasteiger partial charge in [-0.05, 0) is 37.0 Å². The van der Waals surface area contributed by atoms with Crippen LogP contribution in [0.1, 0.15) is 18.4 Å². The fourth-order valence-electron chi connectivity index (χ4n) is 1.88. The molecule has 1 N–H and O–H groups in total. The summed E-state index contributed by atoms with van der Waals surface area (Å²) in [4.78, 5) is 12.7. The number of anilines is 1. The van der Waals surface area contributed by atoms with Crippen LogP contribution >= 0.6 is 15.9 Å². The SMILES string of the molecule is N#Cc1ccc(Br)cc1N(CC(=O)O)CC1CC1. The summed E-state index contributed by atoms with van der Waals surface area (Å²) in [6.45, 7) is 0.638. The van der Waals surface area contributed by atoms with Crippen molar-refractivity contribution >= 4 is 27.6 Å². The average molecular weight is 309 g/mol. The van der Waals surface area contributed by atoms with Crippen LogP contribution in [0.4, 0.5) is 5.69 Å². The van der Waals surface area contributed by atoms with Gasteiger partial charge in [0.25, 0.3) is 0 Å². The number of nitrogens with zero attached hydrogens (tertiary/aromatic N) is 2. The monoisotopic (exact) mass is 308 g/mol. The first-order chi connectivity index (χ1) is 8.60. The highest BCUT2D eigenvalue weighted by molar-refractivity contribution is 9.10. The van der Waals surface area contributed by atoms with Gasteiger partial charge in [-0.2, -0.15) is 5.26 Å². The van der Waals surface area contributed by atoms with Gasteiger partial charge in [0, 0.05) is 11.0 Å². The molecule has 1 saturated carbocycles. The summed E-state index contributed by atoms with van der Waals surface area (Å²) in [5.74, 6) is -0.311. The summed E-state index contributed by atoms with van der Waals surface area (Å²) < 4.78 is 0.850. The second-order valence-electron chi connectivity index (χ2n) is 4.49. The van der Waals surface area contributed by atoms with Crippen LogP contribution in [0, 0.1) is 17.2 Å². The van der Waals surface area contributed by atoms with Gasteiger partial charge in [0.15, 0.2) is 0 Å². The minimum absolute atomic E-state index is 0.0678. The van der Waals surface area contributed by atoms with Crippen LogP contribution in [-0.4, -0.2) is 24.2 Å². The molecule has 0 heterocycles. The summed E-state index contributed by atoms with van der Waals surface area (Å²) in [6, 6.07) is 7.42. The first kappa shape index (κ1) is 12.9. The number of benzene rings is 1. The number of carbonyl (C=O) groups is 1. The zero-order chi connectivity index (χ0) is 13.1. The molecule has 94 valence electrons. The second-order valence-corrected chi connectivity index (χ2v) is 5.41. The van der Waals surface area contributed by atoms with Gasteiger partial charge in [-0.1, -0.05) is 15.9 Å². The van der Waals surface area contributed by atoms with E-state index in [2.05, 4.69) is 22.0 Å². The lowest BCUT2D eigenvalue weighted by Crippen LogP contribution is -2.32. The van der Waals surface area contributed by atoms with Crippen LogP contribution in [-0.2, 0) is 4.79 Å². The molecule has 1 aromatic rings. The largest absolute Gasteiger partial charge is 0.480 e. The number of carboxylic acid groups (broad SMARTS) is 1. The molecular weight excluding hydrogens is 296 g/mol. The van der Waals surface area contributed by atoms with Crippen molar-refractivity contribution in [3.63, 3.8) is 0 Å². The fraction of sp³-hybridized carbons (Fsp3) is 0.385. The Labute approximate surface area is 114 Å². The molecule has 18 heavy (non-hydrogen) atoms. The summed E-state index contributed by atoms with van der Waals surface area (Å²) in [6.07, 6.45) is 2.29. The number of aliphatic carboxylic acids is 1. The van der Waals surface area contributed by atoms with Gasteiger partial charge in [-0.15, -0.1) is 0 Å². The van der Waals surface area contributed by atoms with Gasteiger partial charge < -0.3 is 10.0 Å². The molecular formula is C13H13BrN2O2. The van der Waals surface area contributed by atoms with Crippen molar-refractivity contribution in [2.45, 2.75) is 12.8 Å². The Balaban J connectivity index is 2.30. The minimum atomic E-state index is -0.875. The van der Waals surface area contributed by atoms with E-state index in [-0.39, 0.29) is 6.54 Å². The van der Waals surface area contributed by atoms with E-state index in [1.165, 1.54) is 0 Å². The number of carboxylic acids is 1. The quantitative estimate of drug-likeness (QED) is 0.908. The number of nitriles is 1. The molecule has 1 aromatic carbocycles. The van der Waals surface area contributed by atoms with Crippen LogP contribution in [0.15, 0.2) is 22.7 Å². The topological polar surface area (TPSA) is 64.3 Å². The highest BCUT2D eigenvalue weighted by atomic mass is 79.9. The van der Waals surface area contributed by atoms with Crippen molar-refractivity contribution in [2.75, 3.05) is 18.0 Å². The molecule has 0 radical (unpaired) electrons. The molecule has 0 aromatic heterocycles. The zero-order valence-corrected chi connectivity index (χ0v) is 11.4. The van der Waals surface area contributed by atoms with Gasteiger partial charge in [0.05, 0.1) is 11.3 Å². The van der Waals surface area contributed by atoms with Crippen molar-refractivity contribution in [1.29, 1.82) is 5.26 Å². The molecule has 0 amide bonds. The van der Waals surface area contributed by atoms with Crippen LogP contribution < -0.4 is 4.90 Å². The van der Waals surface area contributed by atoms with Crippen molar-refractivity contribution < 1.29 is 9.90 Å². The first-order valence-electron chi connectivity index (χ1n) is 5.76. The highest BCUT2D eigenvalue weighted by Gasteiger charge is 2.26. The van der Waals surface area contributed by atoms with E-state index in [1.54, 1.807) is 17.0 Å². The van der Waals surface area contributed by atoms with E-state index in [0.29, 0.717) is 23.7 Å². The Morgan fingerprint density at radius 1 is 1.56 bits per heavy atom. The van der Waals surface area contributed by atoms with E-state index in [1.807, 2.05) is 6.07 Å². The van der Waals surface area contributed by atoms with Crippen molar-refractivity contribution in [2.24, 2.45) is 5.92 Å². The molecule has 0 atom stereocenters. The standard InChI is InChI=1S/C13H13BrN2O2/c14-11-4-3-10(6-15)12(5-11)16(8-13(17)18)7-9-1-2-9/h3-5,9H,1-2,7-8H2,(H,17,18). The Morgan fingerprint density at radius 2 is 2.28 bits per heavy atom. The lowest BCUT2D eigenvalue weighted by Gasteiger charge is -2.24. The van der Waals surface area contributed by atoms with Gasteiger partial charge in [0.2, 0.25) is 0 Å². The molecule has 0 bridgehead atoms. The van der Waals surface area contributed by atoms with Gasteiger partial charge in [0.1, 0.15) is 12.6 Å². The predicted molar refractivity (Wildman–Crippen MR) is 71.4 cm³/mol. The predicted octanol–water partition coefficient (Wildman–Crippen LogP) is 2.62. The molecule has 0 spiro atoms. The molecule has 1 aliphatic carbocycles. The number of rotatable bonds is 5. The normalized spacial score (nSPS) is 14.0.